The van der Waals surface area contributed by atoms with E-state index in [2.05, 4.69) is 33.9 Å². The van der Waals surface area contributed by atoms with Crippen LogP contribution in [0.1, 0.15) is 45.8 Å². The van der Waals surface area contributed by atoms with Crippen LogP contribution in [0.15, 0.2) is 18.2 Å². The van der Waals surface area contributed by atoms with Crippen LogP contribution in [0.25, 0.3) is 0 Å². The van der Waals surface area contributed by atoms with Gasteiger partial charge in [-0.1, -0.05) is 38.4 Å². The van der Waals surface area contributed by atoms with Gasteiger partial charge in [0.25, 0.3) is 0 Å². The highest BCUT2D eigenvalue weighted by molar-refractivity contribution is 6.74. The smallest absolute Gasteiger partial charge is 0.192 e. The van der Waals surface area contributed by atoms with Crippen molar-refractivity contribution in [2.75, 3.05) is 6.61 Å². The van der Waals surface area contributed by atoms with Gasteiger partial charge >= 0.3 is 0 Å². The van der Waals surface area contributed by atoms with Crippen LogP contribution in [0.3, 0.4) is 0 Å². The average Bonchev–Trinajstić information content (AvgIpc) is 2.34. The summed E-state index contributed by atoms with van der Waals surface area (Å²) in [4.78, 5) is 0. The summed E-state index contributed by atoms with van der Waals surface area (Å²) in [5, 5.41) is 11.2. The second kappa shape index (κ2) is 5.82. The lowest BCUT2D eigenvalue weighted by molar-refractivity contribution is -0.0332. The van der Waals surface area contributed by atoms with Crippen molar-refractivity contribution in [1.82, 2.24) is 0 Å². The SMILES string of the molecule is CC1(CO[Si](C)(C)C(C)(C)C)CC(O)c2ccc(Cl)cc2O1. The predicted octanol–water partition coefficient (Wildman–Crippen LogP) is 4.94. The molecule has 22 heavy (non-hydrogen) atoms. The van der Waals surface area contributed by atoms with Gasteiger partial charge in [0.05, 0.1) is 12.7 Å². The lowest BCUT2D eigenvalue weighted by Crippen LogP contribution is -2.49. The van der Waals surface area contributed by atoms with E-state index in [-0.39, 0.29) is 5.04 Å². The summed E-state index contributed by atoms with van der Waals surface area (Å²) in [5.74, 6) is 0.660. The zero-order valence-electron chi connectivity index (χ0n) is 14.4. The lowest BCUT2D eigenvalue weighted by Gasteiger charge is -2.42. The molecule has 2 rings (SSSR count). The van der Waals surface area contributed by atoms with Crippen molar-refractivity contribution in [3.05, 3.63) is 28.8 Å². The number of aliphatic hydroxyl groups excluding tert-OH is 1. The lowest BCUT2D eigenvalue weighted by atomic mass is 9.91. The number of ether oxygens (including phenoxy) is 1. The zero-order valence-corrected chi connectivity index (χ0v) is 16.1. The van der Waals surface area contributed by atoms with Gasteiger partial charge in [-0.15, -0.1) is 0 Å². The molecule has 2 unspecified atom stereocenters. The fourth-order valence-corrected chi connectivity index (χ4v) is 3.60. The summed E-state index contributed by atoms with van der Waals surface area (Å²) in [7, 11) is -1.85. The van der Waals surface area contributed by atoms with E-state index in [1.54, 1.807) is 12.1 Å². The highest BCUT2D eigenvalue weighted by Crippen LogP contribution is 2.42. The second-order valence-electron chi connectivity index (χ2n) is 8.00. The Bertz CT molecular complexity index is 553. The van der Waals surface area contributed by atoms with Crippen LogP contribution in [-0.2, 0) is 4.43 Å². The molecule has 0 aliphatic carbocycles. The van der Waals surface area contributed by atoms with Crippen LogP contribution < -0.4 is 4.74 Å². The molecule has 0 bridgehead atoms. The minimum atomic E-state index is -1.85. The first-order valence-corrected chi connectivity index (χ1v) is 11.0. The molecule has 1 N–H and O–H groups in total. The van der Waals surface area contributed by atoms with E-state index in [1.165, 1.54) is 0 Å². The second-order valence-corrected chi connectivity index (χ2v) is 13.2. The van der Waals surface area contributed by atoms with Gasteiger partial charge in [0.15, 0.2) is 8.32 Å². The van der Waals surface area contributed by atoms with Gasteiger partial charge in [-0.2, -0.15) is 0 Å². The number of aliphatic hydroxyl groups is 1. The molecule has 0 saturated carbocycles. The summed E-state index contributed by atoms with van der Waals surface area (Å²) in [6.45, 7) is 13.6. The number of benzene rings is 1. The molecule has 5 heteroatoms. The first-order valence-electron chi connectivity index (χ1n) is 7.74. The van der Waals surface area contributed by atoms with E-state index >= 15 is 0 Å². The maximum Gasteiger partial charge on any atom is 0.192 e. The molecule has 124 valence electrons. The third kappa shape index (κ3) is 3.67. The molecule has 0 spiro atoms. The van der Waals surface area contributed by atoms with Crippen molar-refractivity contribution in [2.24, 2.45) is 0 Å². The molecule has 1 heterocycles. The van der Waals surface area contributed by atoms with E-state index in [0.717, 1.165) is 5.56 Å². The topological polar surface area (TPSA) is 38.7 Å². The molecule has 3 nitrogen and oxygen atoms in total. The average molecular weight is 343 g/mol. The Morgan fingerprint density at radius 1 is 1.41 bits per heavy atom. The first-order chi connectivity index (χ1) is 9.94. The normalized spacial score (nSPS) is 25.5. The van der Waals surface area contributed by atoms with Crippen LogP contribution in [-0.4, -0.2) is 25.6 Å². The molecule has 0 radical (unpaired) electrons. The monoisotopic (exact) mass is 342 g/mol. The molecule has 1 aliphatic heterocycles. The number of halogens is 1. The van der Waals surface area contributed by atoms with Gasteiger partial charge in [-0.05, 0) is 37.2 Å². The minimum Gasteiger partial charge on any atom is -0.485 e. The van der Waals surface area contributed by atoms with Crippen LogP contribution in [0.5, 0.6) is 5.75 Å². The van der Waals surface area contributed by atoms with E-state index in [0.29, 0.717) is 23.8 Å². The highest BCUT2D eigenvalue weighted by atomic mass is 35.5. The van der Waals surface area contributed by atoms with Crippen molar-refractivity contribution >= 4 is 19.9 Å². The van der Waals surface area contributed by atoms with Gasteiger partial charge in [0, 0.05) is 17.0 Å². The molecule has 1 aromatic rings. The fourth-order valence-electron chi connectivity index (χ4n) is 2.34. The molecule has 2 atom stereocenters. The third-order valence-electron chi connectivity index (χ3n) is 4.86. The highest BCUT2D eigenvalue weighted by Gasteiger charge is 2.42. The molecular formula is C17H27ClO3Si. The maximum absolute atomic E-state index is 10.4. The van der Waals surface area contributed by atoms with Crippen LogP contribution in [0, 0.1) is 0 Å². The van der Waals surface area contributed by atoms with E-state index in [1.807, 2.05) is 13.0 Å². The van der Waals surface area contributed by atoms with Crippen LogP contribution >= 0.6 is 11.6 Å². The number of hydrogen-bond acceptors (Lipinski definition) is 3. The molecule has 0 fully saturated rings. The Kier molecular flexibility index (Phi) is 4.71. The molecule has 0 saturated heterocycles. The number of fused-ring (bicyclic) bond motifs is 1. The molecule has 0 amide bonds. The molecule has 0 aromatic heterocycles. The number of hydrogen-bond donors (Lipinski definition) is 1. The predicted molar refractivity (Wildman–Crippen MR) is 93.2 cm³/mol. The van der Waals surface area contributed by atoms with Crippen molar-refractivity contribution in [3.8, 4) is 5.75 Å². The van der Waals surface area contributed by atoms with E-state index in [9.17, 15) is 5.11 Å². The van der Waals surface area contributed by atoms with Crippen molar-refractivity contribution in [2.45, 2.75) is 64.0 Å². The molecular weight excluding hydrogens is 316 g/mol. The first kappa shape index (κ1) is 17.8. The summed E-state index contributed by atoms with van der Waals surface area (Å²) in [5.41, 5.74) is 0.265. The Balaban J connectivity index is 2.16. The Labute approximate surface area is 139 Å². The van der Waals surface area contributed by atoms with Crippen LogP contribution in [0.4, 0.5) is 0 Å². The summed E-state index contributed by atoms with van der Waals surface area (Å²) in [6, 6.07) is 5.38. The standard InChI is InChI=1S/C17H27ClO3Si/c1-16(2,3)22(5,6)20-11-17(4)10-14(19)13-8-7-12(18)9-15(13)21-17/h7-9,14,19H,10-11H2,1-6H3. The third-order valence-corrected chi connectivity index (χ3v) is 9.57. The maximum atomic E-state index is 10.4. The largest absolute Gasteiger partial charge is 0.485 e. The zero-order chi connectivity index (χ0) is 16.8. The molecule has 1 aromatic carbocycles. The van der Waals surface area contributed by atoms with Gasteiger partial charge in [-0.25, -0.2) is 0 Å². The fraction of sp³-hybridized carbons (Fsp3) is 0.647. The summed E-state index contributed by atoms with van der Waals surface area (Å²) >= 11 is 6.04. The van der Waals surface area contributed by atoms with Gasteiger partial charge < -0.3 is 14.3 Å². The summed E-state index contributed by atoms with van der Waals surface area (Å²) in [6.07, 6.45) is -0.0231. The van der Waals surface area contributed by atoms with E-state index in [4.69, 9.17) is 20.8 Å². The van der Waals surface area contributed by atoms with Crippen LogP contribution in [0.2, 0.25) is 23.2 Å². The Hall–Kier alpha value is -0.553. The Morgan fingerprint density at radius 2 is 2.05 bits per heavy atom. The van der Waals surface area contributed by atoms with Gasteiger partial charge in [-0.3, -0.25) is 0 Å². The quantitative estimate of drug-likeness (QED) is 0.791. The van der Waals surface area contributed by atoms with Gasteiger partial charge in [0.1, 0.15) is 11.4 Å². The number of rotatable bonds is 3. The van der Waals surface area contributed by atoms with Gasteiger partial charge in [0.2, 0.25) is 0 Å². The van der Waals surface area contributed by atoms with E-state index < -0.39 is 20.0 Å². The summed E-state index contributed by atoms with van der Waals surface area (Å²) < 4.78 is 12.4. The molecule has 1 aliphatic rings. The Morgan fingerprint density at radius 3 is 2.64 bits per heavy atom. The van der Waals surface area contributed by atoms with Crippen molar-refractivity contribution < 1.29 is 14.3 Å². The van der Waals surface area contributed by atoms with Crippen molar-refractivity contribution in [3.63, 3.8) is 0 Å². The minimum absolute atomic E-state index is 0.151. The van der Waals surface area contributed by atoms with Crippen molar-refractivity contribution in [1.29, 1.82) is 0 Å².